The van der Waals surface area contributed by atoms with Gasteiger partial charge in [-0.05, 0) is 47.9 Å². The fraction of sp³-hybridized carbons (Fsp3) is 0.308. The van der Waals surface area contributed by atoms with E-state index in [4.69, 9.17) is 4.42 Å². The Bertz CT molecular complexity index is 1210. The summed E-state index contributed by atoms with van der Waals surface area (Å²) in [5.41, 5.74) is 1.43. The van der Waals surface area contributed by atoms with Crippen LogP contribution in [0.25, 0.3) is 0 Å². The first kappa shape index (κ1) is 26.2. The number of hydrogen-bond acceptors (Lipinski definition) is 5. The van der Waals surface area contributed by atoms with Crippen molar-refractivity contribution in [3.05, 3.63) is 84.3 Å². The molecule has 186 valence electrons. The number of rotatable bonds is 11. The van der Waals surface area contributed by atoms with Crippen LogP contribution in [0.3, 0.4) is 0 Å². The van der Waals surface area contributed by atoms with Crippen LogP contribution in [-0.2, 0) is 32.7 Å². The molecule has 0 aliphatic rings. The van der Waals surface area contributed by atoms with Crippen LogP contribution in [0, 0.1) is 5.92 Å². The van der Waals surface area contributed by atoms with Gasteiger partial charge in [-0.2, -0.15) is 4.31 Å². The molecule has 0 aliphatic heterocycles. The van der Waals surface area contributed by atoms with Crippen LogP contribution in [0.2, 0.25) is 0 Å². The summed E-state index contributed by atoms with van der Waals surface area (Å²) in [4.78, 5) is 26.4. The van der Waals surface area contributed by atoms with Gasteiger partial charge in [-0.25, -0.2) is 8.42 Å². The SMILES string of the molecule is CC(=O)Nc1ccc(S(=O)(=O)N(CC(=O)N(Cc2ccccc2)Cc2ccco2)CC(C)C)cc1. The molecule has 3 rings (SSSR count). The molecule has 0 fully saturated rings. The maximum atomic E-state index is 13.5. The lowest BCUT2D eigenvalue weighted by Crippen LogP contribution is -2.43. The fourth-order valence-electron chi connectivity index (χ4n) is 3.60. The van der Waals surface area contributed by atoms with E-state index >= 15 is 0 Å². The van der Waals surface area contributed by atoms with Crippen LogP contribution in [0.4, 0.5) is 5.69 Å². The molecule has 8 nitrogen and oxygen atoms in total. The largest absolute Gasteiger partial charge is 0.467 e. The highest BCUT2D eigenvalue weighted by atomic mass is 32.2. The summed E-state index contributed by atoms with van der Waals surface area (Å²) in [5, 5.41) is 2.62. The Morgan fingerprint density at radius 2 is 1.63 bits per heavy atom. The first-order chi connectivity index (χ1) is 16.6. The zero-order chi connectivity index (χ0) is 25.4. The zero-order valence-electron chi connectivity index (χ0n) is 20.2. The Morgan fingerprint density at radius 1 is 0.943 bits per heavy atom. The van der Waals surface area contributed by atoms with E-state index in [1.165, 1.54) is 35.5 Å². The predicted octanol–water partition coefficient (Wildman–Crippen LogP) is 4.11. The van der Waals surface area contributed by atoms with Crippen molar-refractivity contribution in [2.24, 2.45) is 5.92 Å². The smallest absolute Gasteiger partial charge is 0.243 e. The van der Waals surface area contributed by atoms with Crippen LogP contribution in [-0.4, -0.2) is 42.5 Å². The normalized spacial score (nSPS) is 11.6. The summed E-state index contributed by atoms with van der Waals surface area (Å²) in [7, 11) is -3.96. The molecule has 0 aliphatic carbocycles. The lowest BCUT2D eigenvalue weighted by atomic mass is 10.2. The third-order valence-corrected chi connectivity index (χ3v) is 7.01. The van der Waals surface area contributed by atoms with E-state index in [-0.39, 0.29) is 42.3 Å². The molecule has 1 aromatic heterocycles. The summed E-state index contributed by atoms with van der Waals surface area (Å²) in [6.45, 7) is 5.60. The second-order valence-corrected chi connectivity index (χ2v) is 10.6. The van der Waals surface area contributed by atoms with Crippen molar-refractivity contribution in [3.63, 3.8) is 0 Å². The van der Waals surface area contributed by atoms with Crippen molar-refractivity contribution in [3.8, 4) is 0 Å². The minimum absolute atomic E-state index is 0.00359. The number of amides is 2. The fourth-order valence-corrected chi connectivity index (χ4v) is 5.15. The molecule has 3 aromatic rings. The van der Waals surface area contributed by atoms with Crippen LogP contribution in [0.15, 0.2) is 82.3 Å². The number of carbonyl (C=O) groups is 2. The minimum Gasteiger partial charge on any atom is -0.467 e. The summed E-state index contributed by atoms with van der Waals surface area (Å²) in [5.74, 6) is 0.0389. The maximum absolute atomic E-state index is 13.5. The second kappa shape index (κ2) is 11.8. The molecule has 1 N–H and O–H groups in total. The molecule has 0 radical (unpaired) electrons. The van der Waals surface area contributed by atoms with Gasteiger partial charge in [-0.3, -0.25) is 9.59 Å². The van der Waals surface area contributed by atoms with E-state index in [2.05, 4.69) is 5.32 Å². The molecule has 0 bridgehead atoms. The first-order valence-corrected chi connectivity index (χ1v) is 12.8. The molecule has 0 saturated heterocycles. The summed E-state index contributed by atoms with van der Waals surface area (Å²) < 4.78 is 33.6. The van der Waals surface area contributed by atoms with E-state index < -0.39 is 10.0 Å². The maximum Gasteiger partial charge on any atom is 0.243 e. The van der Waals surface area contributed by atoms with Crippen molar-refractivity contribution < 1.29 is 22.4 Å². The van der Waals surface area contributed by atoms with Crippen LogP contribution < -0.4 is 5.32 Å². The number of furan rings is 1. The minimum atomic E-state index is -3.96. The molecule has 9 heteroatoms. The highest BCUT2D eigenvalue weighted by Crippen LogP contribution is 2.21. The summed E-state index contributed by atoms with van der Waals surface area (Å²) in [6, 6.07) is 19.0. The first-order valence-electron chi connectivity index (χ1n) is 11.4. The molecular formula is C26H31N3O5S. The van der Waals surface area contributed by atoms with Gasteiger partial charge in [0.2, 0.25) is 21.8 Å². The molecule has 0 saturated carbocycles. The average molecular weight is 498 g/mol. The Kier molecular flexibility index (Phi) is 8.84. The number of benzene rings is 2. The summed E-state index contributed by atoms with van der Waals surface area (Å²) in [6.07, 6.45) is 1.54. The standard InChI is InChI=1S/C26H31N3O5S/c1-20(2)16-29(35(32,33)25-13-11-23(12-14-25)27-21(3)30)19-26(31)28(18-24-10-7-15-34-24)17-22-8-5-4-6-9-22/h4-15,20H,16-19H2,1-3H3,(H,27,30). The molecule has 35 heavy (non-hydrogen) atoms. The van der Waals surface area contributed by atoms with E-state index in [9.17, 15) is 18.0 Å². The van der Waals surface area contributed by atoms with Gasteiger partial charge in [0.15, 0.2) is 0 Å². The van der Waals surface area contributed by atoms with Crippen LogP contribution in [0.5, 0.6) is 0 Å². The zero-order valence-corrected chi connectivity index (χ0v) is 21.0. The highest BCUT2D eigenvalue weighted by Gasteiger charge is 2.29. The lowest BCUT2D eigenvalue weighted by Gasteiger charge is -2.28. The number of nitrogens with one attached hydrogen (secondary N) is 1. The van der Waals surface area contributed by atoms with Gasteiger partial charge in [-0.1, -0.05) is 44.2 Å². The molecule has 1 heterocycles. The monoisotopic (exact) mass is 497 g/mol. The number of anilines is 1. The topological polar surface area (TPSA) is 99.9 Å². The number of sulfonamides is 1. The van der Waals surface area contributed by atoms with Crippen molar-refractivity contribution in [1.82, 2.24) is 9.21 Å². The third-order valence-electron chi connectivity index (χ3n) is 5.19. The molecule has 2 aromatic carbocycles. The van der Waals surface area contributed by atoms with Gasteiger partial charge < -0.3 is 14.6 Å². The van der Waals surface area contributed by atoms with Gasteiger partial charge in [0, 0.05) is 25.7 Å². The summed E-state index contributed by atoms with van der Waals surface area (Å²) >= 11 is 0. The van der Waals surface area contributed by atoms with Gasteiger partial charge in [0.05, 0.1) is 24.2 Å². The Balaban J connectivity index is 1.85. The third kappa shape index (κ3) is 7.53. The number of nitrogens with zero attached hydrogens (tertiary/aromatic N) is 2. The number of hydrogen-bond donors (Lipinski definition) is 1. The van der Waals surface area contributed by atoms with Gasteiger partial charge in [0.25, 0.3) is 0 Å². The van der Waals surface area contributed by atoms with Crippen molar-refractivity contribution >= 4 is 27.5 Å². The van der Waals surface area contributed by atoms with Gasteiger partial charge >= 0.3 is 0 Å². The van der Waals surface area contributed by atoms with Crippen molar-refractivity contribution in [2.45, 2.75) is 38.8 Å². The highest BCUT2D eigenvalue weighted by molar-refractivity contribution is 7.89. The van der Waals surface area contributed by atoms with E-state index in [0.29, 0.717) is 18.0 Å². The predicted molar refractivity (Wildman–Crippen MR) is 134 cm³/mol. The Morgan fingerprint density at radius 3 is 2.20 bits per heavy atom. The molecular weight excluding hydrogens is 466 g/mol. The quantitative estimate of drug-likeness (QED) is 0.430. The Labute approximate surface area is 206 Å². The number of carbonyl (C=O) groups excluding carboxylic acids is 2. The molecule has 2 amide bonds. The van der Waals surface area contributed by atoms with E-state index in [1.807, 2.05) is 44.2 Å². The van der Waals surface area contributed by atoms with Crippen molar-refractivity contribution in [1.29, 1.82) is 0 Å². The second-order valence-electron chi connectivity index (χ2n) is 8.71. The van der Waals surface area contributed by atoms with Crippen LogP contribution >= 0.6 is 0 Å². The Hall–Kier alpha value is -3.43. The average Bonchev–Trinajstić information content (AvgIpc) is 3.32. The molecule has 0 spiro atoms. The van der Waals surface area contributed by atoms with E-state index in [1.54, 1.807) is 23.3 Å². The van der Waals surface area contributed by atoms with Gasteiger partial charge in [-0.15, -0.1) is 0 Å². The molecule has 0 atom stereocenters. The lowest BCUT2D eigenvalue weighted by molar-refractivity contribution is -0.133. The molecule has 0 unspecified atom stereocenters. The van der Waals surface area contributed by atoms with Crippen molar-refractivity contribution in [2.75, 3.05) is 18.4 Å². The van der Waals surface area contributed by atoms with E-state index in [0.717, 1.165) is 5.56 Å². The van der Waals surface area contributed by atoms with Crippen LogP contribution in [0.1, 0.15) is 32.1 Å². The van der Waals surface area contributed by atoms with Gasteiger partial charge in [0.1, 0.15) is 5.76 Å².